The Morgan fingerprint density at radius 3 is 2.59 bits per heavy atom. The lowest BCUT2D eigenvalue weighted by Gasteiger charge is -2.28. The molecule has 2 rings (SSSR count). The monoisotopic (exact) mass is 233 g/mol. The molecule has 0 spiro atoms. The minimum Gasteiger partial charge on any atom is -0.381 e. The van der Waals surface area contributed by atoms with E-state index in [1.54, 1.807) is 0 Å². The Labute approximate surface area is 102 Å². The van der Waals surface area contributed by atoms with Crippen LogP contribution in [-0.4, -0.2) is 30.6 Å². The highest BCUT2D eigenvalue weighted by molar-refractivity contribution is 5.76. The molecule has 1 aromatic rings. The van der Waals surface area contributed by atoms with Crippen LogP contribution in [0.5, 0.6) is 0 Å². The third-order valence-electron chi connectivity index (χ3n) is 3.12. The number of ether oxygens (including phenoxy) is 1. The normalized spacial score (nSPS) is 15.4. The fraction of sp³-hybridized carbons (Fsp3) is 0.500. The first-order valence-electron chi connectivity index (χ1n) is 6.19. The van der Waals surface area contributed by atoms with Crippen molar-refractivity contribution in [3.8, 4) is 0 Å². The van der Waals surface area contributed by atoms with Gasteiger partial charge in [-0.3, -0.25) is 4.79 Å². The van der Waals surface area contributed by atoms with Crippen LogP contribution in [0, 0.1) is 5.92 Å². The molecule has 1 aliphatic rings. The Hall–Kier alpha value is -1.35. The first kappa shape index (κ1) is 12.1. The van der Waals surface area contributed by atoms with Crippen molar-refractivity contribution in [1.82, 2.24) is 4.90 Å². The largest absolute Gasteiger partial charge is 0.381 e. The lowest BCUT2D eigenvalue weighted by Crippen LogP contribution is -2.36. The fourth-order valence-electron chi connectivity index (χ4n) is 1.96. The number of hydrogen-bond acceptors (Lipinski definition) is 2. The van der Waals surface area contributed by atoms with Gasteiger partial charge in [-0.1, -0.05) is 30.3 Å². The van der Waals surface area contributed by atoms with E-state index in [1.165, 1.54) is 5.56 Å². The van der Waals surface area contributed by atoms with Gasteiger partial charge in [-0.25, -0.2) is 0 Å². The molecular weight excluding hydrogens is 214 g/mol. The molecule has 0 aliphatic carbocycles. The zero-order valence-corrected chi connectivity index (χ0v) is 10.3. The van der Waals surface area contributed by atoms with Crippen LogP contribution in [0.3, 0.4) is 0 Å². The number of benzene rings is 1. The van der Waals surface area contributed by atoms with Crippen molar-refractivity contribution < 1.29 is 9.53 Å². The molecule has 0 unspecified atom stereocenters. The highest BCUT2D eigenvalue weighted by Gasteiger charge is 2.24. The van der Waals surface area contributed by atoms with E-state index in [9.17, 15) is 4.79 Å². The average molecular weight is 233 g/mol. The Bertz CT molecular complexity index is 360. The Morgan fingerprint density at radius 2 is 2.06 bits per heavy atom. The van der Waals surface area contributed by atoms with E-state index in [2.05, 4.69) is 12.1 Å². The Balaban J connectivity index is 1.89. The summed E-state index contributed by atoms with van der Waals surface area (Å²) in [6.07, 6.45) is 0.626. The van der Waals surface area contributed by atoms with Crippen LogP contribution in [0.25, 0.3) is 0 Å². The highest BCUT2D eigenvalue weighted by Crippen LogP contribution is 2.16. The number of amides is 1. The molecule has 0 aromatic heterocycles. The number of nitrogens with zero attached hydrogens (tertiary/aromatic N) is 1. The van der Waals surface area contributed by atoms with E-state index in [1.807, 2.05) is 30.0 Å². The van der Waals surface area contributed by atoms with Gasteiger partial charge in [-0.15, -0.1) is 0 Å². The zero-order valence-electron chi connectivity index (χ0n) is 10.3. The molecule has 17 heavy (non-hydrogen) atoms. The summed E-state index contributed by atoms with van der Waals surface area (Å²) in [5, 5.41) is 0. The van der Waals surface area contributed by atoms with E-state index in [0.29, 0.717) is 18.9 Å². The molecular formula is C14H19NO2. The van der Waals surface area contributed by atoms with Gasteiger partial charge in [0.15, 0.2) is 0 Å². The predicted molar refractivity (Wildman–Crippen MR) is 66.5 cm³/mol. The molecule has 1 saturated heterocycles. The van der Waals surface area contributed by atoms with Crippen molar-refractivity contribution in [2.45, 2.75) is 19.9 Å². The van der Waals surface area contributed by atoms with Crippen LogP contribution in [0.4, 0.5) is 0 Å². The molecule has 0 atom stereocenters. The summed E-state index contributed by atoms with van der Waals surface area (Å²) in [5.74, 6) is 0.678. The molecule has 1 aliphatic heterocycles. The summed E-state index contributed by atoms with van der Waals surface area (Å²) < 4.78 is 5.10. The number of rotatable bonds is 5. The molecule has 3 heteroatoms. The van der Waals surface area contributed by atoms with Gasteiger partial charge in [-0.2, -0.15) is 0 Å². The second-order valence-corrected chi connectivity index (χ2v) is 4.50. The van der Waals surface area contributed by atoms with Gasteiger partial charge < -0.3 is 9.64 Å². The van der Waals surface area contributed by atoms with E-state index in [4.69, 9.17) is 4.74 Å². The molecule has 3 nitrogen and oxygen atoms in total. The zero-order chi connectivity index (χ0) is 12.1. The number of carbonyl (C=O) groups is 1. The topological polar surface area (TPSA) is 29.5 Å². The summed E-state index contributed by atoms with van der Waals surface area (Å²) >= 11 is 0. The van der Waals surface area contributed by atoms with Gasteiger partial charge in [0.25, 0.3) is 0 Å². The van der Waals surface area contributed by atoms with Gasteiger partial charge in [0.1, 0.15) is 0 Å². The molecule has 0 bridgehead atoms. The van der Waals surface area contributed by atoms with Crippen molar-refractivity contribution >= 4 is 5.91 Å². The van der Waals surface area contributed by atoms with Crippen molar-refractivity contribution in [3.05, 3.63) is 35.9 Å². The van der Waals surface area contributed by atoms with Gasteiger partial charge in [-0.05, 0) is 12.5 Å². The second-order valence-electron chi connectivity index (χ2n) is 4.50. The standard InChI is InChI=1S/C14H19NO2/c1-2-15(9-12-6-4-3-5-7-12)14(16)8-13-10-17-11-13/h3-7,13H,2,8-11H2,1H3. The molecule has 92 valence electrons. The van der Waals surface area contributed by atoms with Crippen molar-refractivity contribution in [2.75, 3.05) is 19.8 Å². The first-order valence-corrected chi connectivity index (χ1v) is 6.19. The second kappa shape index (κ2) is 5.82. The summed E-state index contributed by atoms with van der Waals surface area (Å²) in [6, 6.07) is 10.1. The molecule has 0 radical (unpaired) electrons. The molecule has 1 amide bonds. The van der Waals surface area contributed by atoms with Crippen molar-refractivity contribution in [2.24, 2.45) is 5.92 Å². The quantitative estimate of drug-likeness (QED) is 0.779. The van der Waals surface area contributed by atoms with Crippen LogP contribution in [0.15, 0.2) is 30.3 Å². The summed E-state index contributed by atoms with van der Waals surface area (Å²) in [6.45, 7) is 4.99. The van der Waals surface area contributed by atoms with E-state index < -0.39 is 0 Å². The smallest absolute Gasteiger partial charge is 0.223 e. The van der Waals surface area contributed by atoms with Crippen LogP contribution in [0.2, 0.25) is 0 Å². The van der Waals surface area contributed by atoms with Crippen molar-refractivity contribution in [1.29, 1.82) is 0 Å². The first-order chi connectivity index (χ1) is 8.29. The van der Waals surface area contributed by atoms with Crippen molar-refractivity contribution in [3.63, 3.8) is 0 Å². The predicted octanol–water partition coefficient (Wildman–Crippen LogP) is 2.07. The van der Waals surface area contributed by atoms with Gasteiger partial charge in [0, 0.05) is 25.4 Å². The van der Waals surface area contributed by atoms with Gasteiger partial charge in [0.05, 0.1) is 13.2 Å². The Kier molecular flexibility index (Phi) is 4.15. The molecule has 0 saturated carbocycles. The third-order valence-corrected chi connectivity index (χ3v) is 3.12. The SMILES string of the molecule is CCN(Cc1ccccc1)C(=O)CC1COC1. The van der Waals surface area contributed by atoms with E-state index in [0.717, 1.165) is 19.8 Å². The van der Waals surface area contributed by atoms with E-state index in [-0.39, 0.29) is 5.91 Å². The number of hydrogen-bond donors (Lipinski definition) is 0. The van der Waals surface area contributed by atoms with Crippen LogP contribution in [0.1, 0.15) is 18.9 Å². The van der Waals surface area contributed by atoms with Crippen LogP contribution < -0.4 is 0 Å². The molecule has 1 fully saturated rings. The molecule has 0 N–H and O–H groups in total. The Morgan fingerprint density at radius 1 is 1.35 bits per heavy atom. The maximum absolute atomic E-state index is 12.1. The summed E-state index contributed by atoms with van der Waals surface area (Å²) in [5.41, 5.74) is 1.19. The fourth-order valence-corrected chi connectivity index (χ4v) is 1.96. The van der Waals surface area contributed by atoms with Gasteiger partial charge >= 0.3 is 0 Å². The molecule has 1 heterocycles. The summed E-state index contributed by atoms with van der Waals surface area (Å²) in [4.78, 5) is 14.0. The van der Waals surface area contributed by atoms with E-state index >= 15 is 0 Å². The average Bonchev–Trinajstić information content (AvgIpc) is 2.32. The molecule has 1 aromatic carbocycles. The third kappa shape index (κ3) is 3.30. The maximum Gasteiger partial charge on any atom is 0.223 e. The summed E-state index contributed by atoms with van der Waals surface area (Å²) in [7, 11) is 0. The number of carbonyl (C=O) groups excluding carboxylic acids is 1. The minimum atomic E-state index is 0.240. The lowest BCUT2D eigenvalue weighted by atomic mass is 10.0. The minimum absolute atomic E-state index is 0.240. The highest BCUT2D eigenvalue weighted by atomic mass is 16.5. The van der Waals surface area contributed by atoms with Crippen LogP contribution >= 0.6 is 0 Å². The van der Waals surface area contributed by atoms with Gasteiger partial charge in [0.2, 0.25) is 5.91 Å². The van der Waals surface area contributed by atoms with Crippen LogP contribution in [-0.2, 0) is 16.1 Å². The maximum atomic E-state index is 12.1. The lowest BCUT2D eigenvalue weighted by molar-refractivity contribution is -0.137.